The average molecular weight is 575 g/mol. The second-order valence-corrected chi connectivity index (χ2v) is 9.34. The monoisotopic (exact) mass is 572 g/mol. The smallest absolute Gasteiger partial charge is 0.274 e. The Bertz CT molecular complexity index is 1280. The Morgan fingerprint density at radius 3 is 2.42 bits per heavy atom. The number of rotatable bonds is 6. The Hall–Kier alpha value is -2.66. The highest BCUT2D eigenvalue weighted by atomic mass is 79.9. The minimum atomic E-state index is -1.37. The predicted octanol–water partition coefficient (Wildman–Crippen LogP) is 4.24. The van der Waals surface area contributed by atoms with E-state index < -0.39 is 23.3 Å². The Balaban J connectivity index is 2.02. The molecule has 13 heteroatoms. The van der Waals surface area contributed by atoms with E-state index in [1.165, 1.54) is 42.9 Å². The van der Waals surface area contributed by atoms with Gasteiger partial charge in [0.1, 0.15) is 15.8 Å². The highest BCUT2D eigenvalue weighted by Crippen LogP contribution is 2.32. The Kier molecular flexibility index (Phi) is 7.32. The van der Waals surface area contributed by atoms with E-state index in [9.17, 15) is 14.4 Å². The van der Waals surface area contributed by atoms with Crippen LogP contribution in [0.15, 0.2) is 41.1 Å². The van der Waals surface area contributed by atoms with Gasteiger partial charge in [0.15, 0.2) is 5.82 Å². The lowest BCUT2D eigenvalue weighted by Gasteiger charge is -2.23. The lowest BCUT2D eigenvalue weighted by Crippen LogP contribution is -2.53. The third-order valence-electron chi connectivity index (χ3n) is 4.43. The third kappa shape index (κ3) is 5.47. The molecule has 0 atom stereocenters. The van der Waals surface area contributed by atoms with E-state index in [1.54, 1.807) is 12.1 Å². The van der Waals surface area contributed by atoms with Crippen molar-refractivity contribution < 1.29 is 14.4 Å². The fraction of sp³-hybridized carbons (Fsp3) is 0.150. The van der Waals surface area contributed by atoms with Gasteiger partial charge in [-0.3, -0.25) is 14.4 Å². The van der Waals surface area contributed by atoms with E-state index in [-0.39, 0.29) is 37.8 Å². The fourth-order valence-corrected chi connectivity index (χ4v) is 3.80. The van der Waals surface area contributed by atoms with E-state index in [2.05, 4.69) is 36.6 Å². The van der Waals surface area contributed by atoms with Gasteiger partial charge in [-0.05, 0) is 54.0 Å². The molecule has 0 radical (unpaired) electrons. The normalized spacial score (nSPS) is 11.2. The summed E-state index contributed by atoms with van der Waals surface area (Å²) in [6.45, 7) is 2.87. The molecule has 2 heterocycles. The summed E-state index contributed by atoms with van der Waals surface area (Å²) < 4.78 is 1.58. The molecule has 0 bridgehead atoms. The zero-order valence-electron chi connectivity index (χ0n) is 17.1. The van der Waals surface area contributed by atoms with Crippen molar-refractivity contribution in [1.29, 1.82) is 0 Å². The number of benzene rings is 1. The second kappa shape index (κ2) is 9.68. The molecule has 3 rings (SSSR count). The van der Waals surface area contributed by atoms with Gasteiger partial charge in [-0.15, -0.1) is 0 Å². The second-order valence-electron chi connectivity index (χ2n) is 7.28. The molecule has 0 aliphatic carbocycles. The number of carbonyl (C=O) groups is 3. The van der Waals surface area contributed by atoms with E-state index in [4.69, 9.17) is 40.5 Å². The van der Waals surface area contributed by atoms with Crippen LogP contribution >= 0.6 is 50.7 Å². The number of amides is 3. The maximum Gasteiger partial charge on any atom is 0.274 e. The third-order valence-corrected chi connectivity index (χ3v) is 5.63. The lowest BCUT2D eigenvalue weighted by atomic mass is 10.0. The van der Waals surface area contributed by atoms with Gasteiger partial charge in [0.05, 0.1) is 21.3 Å². The van der Waals surface area contributed by atoms with Crippen LogP contribution in [0.4, 0.5) is 5.69 Å². The van der Waals surface area contributed by atoms with Crippen LogP contribution in [-0.2, 0) is 4.79 Å². The Morgan fingerprint density at radius 1 is 1.09 bits per heavy atom. The summed E-state index contributed by atoms with van der Waals surface area (Å²) in [7, 11) is 0. The van der Waals surface area contributed by atoms with Crippen molar-refractivity contribution in [1.82, 2.24) is 20.1 Å². The predicted molar refractivity (Wildman–Crippen MR) is 129 cm³/mol. The van der Waals surface area contributed by atoms with Gasteiger partial charge in [-0.25, -0.2) is 9.67 Å². The van der Waals surface area contributed by atoms with Crippen molar-refractivity contribution in [2.45, 2.75) is 19.4 Å². The molecular formula is C20H16BrCl3N6O3. The van der Waals surface area contributed by atoms with Gasteiger partial charge in [0, 0.05) is 17.3 Å². The number of carbonyl (C=O) groups excluding carboxylic acids is 3. The number of nitrogens with zero attached hydrogens (tertiary/aromatic N) is 3. The minimum Gasteiger partial charge on any atom is -0.368 e. The molecular weight excluding hydrogens is 559 g/mol. The van der Waals surface area contributed by atoms with Gasteiger partial charge in [-0.2, -0.15) is 5.10 Å². The van der Waals surface area contributed by atoms with Crippen molar-refractivity contribution in [3.05, 3.63) is 67.5 Å². The highest BCUT2D eigenvalue weighted by Gasteiger charge is 2.30. The van der Waals surface area contributed by atoms with Crippen molar-refractivity contribution >= 4 is 74.1 Å². The lowest BCUT2D eigenvalue weighted by molar-refractivity contribution is -0.122. The molecule has 3 amide bonds. The van der Waals surface area contributed by atoms with Crippen molar-refractivity contribution in [3.8, 4) is 5.82 Å². The van der Waals surface area contributed by atoms with E-state index in [0.29, 0.717) is 4.60 Å². The van der Waals surface area contributed by atoms with Gasteiger partial charge < -0.3 is 16.4 Å². The number of anilines is 1. The molecule has 4 N–H and O–H groups in total. The van der Waals surface area contributed by atoms with Crippen molar-refractivity contribution in [2.75, 3.05) is 5.32 Å². The number of hydrogen-bond acceptors (Lipinski definition) is 5. The highest BCUT2D eigenvalue weighted by molar-refractivity contribution is 9.10. The van der Waals surface area contributed by atoms with Crippen LogP contribution in [0, 0.1) is 0 Å². The fourth-order valence-electron chi connectivity index (χ4n) is 2.68. The number of aromatic nitrogens is 3. The molecule has 2 aromatic heterocycles. The molecule has 1 aromatic carbocycles. The Labute approximate surface area is 211 Å². The van der Waals surface area contributed by atoms with Crippen LogP contribution in [-0.4, -0.2) is 38.0 Å². The number of halogens is 4. The quantitative estimate of drug-likeness (QED) is 0.405. The van der Waals surface area contributed by atoms with E-state index in [1.807, 2.05) is 0 Å². The number of nitrogens with two attached hydrogens (primary N) is 1. The van der Waals surface area contributed by atoms with Crippen LogP contribution in [0.3, 0.4) is 0 Å². The molecule has 0 aliphatic heterocycles. The minimum absolute atomic E-state index is 0.00104. The zero-order chi connectivity index (χ0) is 24.5. The molecule has 0 spiro atoms. The molecule has 3 aromatic rings. The number of primary amides is 1. The average Bonchev–Trinajstić information content (AvgIpc) is 3.11. The summed E-state index contributed by atoms with van der Waals surface area (Å²) in [5, 5.41) is 9.71. The van der Waals surface area contributed by atoms with Gasteiger partial charge >= 0.3 is 0 Å². The summed E-state index contributed by atoms with van der Waals surface area (Å²) >= 11 is 21.8. The zero-order valence-corrected chi connectivity index (χ0v) is 21.0. The van der Waals surface area contributed by atoms with Crippen molar-refractivity contribution in [3.63, 3.8) is 0 Å². The van der Waals surface area contributed by atoms with Crippen LogP contribution < -0.4 is 16.4 Å². The first kappa shape index (κ1) is 25.0. The summed E-state index contributed by atoms with van der Waals surface area (Å²) in [6.07, 6.45) is 1.50. The van der Waals surface area contributed by atoms with Crippen LogP contribution in [0.2, 0.25) is 15.1 Å². The molecule has 0 saturated carbocycles. The van der Waals surface area contributed by atoms with Gasteiger partial charge in [0.2, 0.25) is 5.91 Å². The summed E-state index contributed by atoms with van der Waals surface area (Å²) in [5.41, 5.74) is 3.91. The van der Waals surface area contributed by atoms with E-state index in [0.717, 1.165) is 0 Å². The first-order chi connectivity index (χ1) is 15.4. The largest absolute Gasteiger partial charge is 0.368 e. The number of pyridine rings is 1. The van der Waals surface area contributed by atoms with Crippen molar-refractivity contribution in [2.24, 2.45) is 5.73 Å². The Morgan fingerprint density at radius 2 is 1.79 bits per heavy atom. The van der Waals surface area contributed by atoms with Crippen LogP contribution in [0.1, 0.15) is 34.7 Å². The topological polar surface area (TPSA) is 132 Å². The summed E-state index contributed by atoms with van der Waals surface area (Å²) in [5.74, 6) is -1.92. The van der Waals surface area contributed by atoms with E-state index >= 15 is 0 Å². The molecule has 0 saturated heterocycles. The summed E-state index contributed by atoms with van der Waals surface area (Å²) in [4.78, 5) is 41.9. The van der Waals surface area contributed by atoms with Gasteiger partial charge in [-0.1, -0.05) is 34.8 Å². The first-order valence-corrected chi connectivity index (χ1v) is 11.1. The maximum atomic E-state index is 13.2. The maximum absolute atomic E-state index is 13.2. The molecule has 33 heavy (non-hydrogen) atoms. The summed E-state index contributed by atoms with van der Waals surface area (Å²) in [6, 6.07) is 7.34. The SMILES string of the molecule is CC(C)(NC(=O)c1cc(Cl)cc(Cl)c1NC(=O)c1cc(Br)nn1-c1ncccc1Cl)C(N)=O. The molecule has 9 nitrogen and oxygen atoms in total. The standard InChI is InChI=1S/C20H16BrCl3N6O3/c1-20(2,19(25)33)28-17(31)10-6-9(22)7-12(24)15(10)27-18(32)13-8-14(21)29-30(13)16-11(23)4-3-5-26-16/h3-8H,1-2H3,(H2,25,33)(H,27,32)(H,28,31). The molecule has 0 unspecified atom stereocenters. The number of hydrogen-bond donors (Lipinski definition) is 3. The van der Waals surface area contributed by atoms with Gasteiger partial charge in [0.25, 0.3) is 11.8 Å². The first-order valence-electron chi connectivity index (χ1n) is 9.20. The van der Waals surface area contributed by atoms with Crippen LogP contribution in [0.25, 0.3) is 5.82 Å². The van der Waals surface area contributed by atoms with Crippen LogP contribution in [0.5, 0.6) is 0 Å². The molecule has 0 fully saturated rings. The molecule has 0 aliphatic rings. The number of nitrogens with one attached hydrogen (secondary N) is 2. The molecule has 172 valence electrons.